The van der Waals surface area contributed by atoms with E-state index in [1.807, 2.05) is 0 Å². The molecule has 5 N–H and O–H groups in total. The van der Waals surface area contributed by atoms with Gasteiger partial charge < -0.3 is 21.5 Å². The van der Waals surface area contributed by atoms with Crippen LogP contribution < -0.4 is 16.4 Å². The van der Waals surface area contributed by atoms with E-state index in [0.717, 1.165) is 18.7 Å². The van der Waals surface area contributed by atoms with Crippen molar-refractivity contribution in [1.29, 1.82) is 0 Å². The van der Waals surface area contributed by atoms with Crippen LogP contribution in [0.2, 0.25) is 5.02 Å². The molecule has 1 aliphatic heterocycles. The highest BCUT2D eigenvalue weighted by atomic mass is 35.5. The van der Waals surface area contributed by atoms with E-state index in [0.29, 0.717) is 10.6 Å². The summed E-state index contributed by atoms with van der Waals surface area (Å²) in [5, 5.41) is 16.2. The Morgan fingerprint density at radius 3 is 2.84 bits per heavy atom. The van der Waals surface area contributed by atoms with E-state index in [1.54, 1.807) is 13.0 Å². The van der Waals surface area contributed by atoms with E-state index in [4.69, 9.17) is 17.3 Å². The van der Waals surface area contributed by atoms with Gasteiger partial charge >= 0.3 is 0 Å². The van der Waals surface area contributed by atoms with Gasteiger partial charge in [-0.25, -0.2) is 0 Å². The SMILES string of the molecule is Cc1cc(O)c(/C(N)=C\C(=O)NC2CNC2)cc1Cl. The zero-order chi connectivity index (χ0) is 14.0. The van der Waals surface area contributed by atoms with Gasteiger partial charge in [-0.15, -0.1) is 0 Å². The van der Waals surface area contributed by atoms with Crippen molar-refractivity contribution in [2.45, 2.75) is 13.0 Å². The number of amides is 1. The van der Waals surface area contributed by atoms with Gasteiger partial charge in [0.1, 0.15) is 5.75 Å². The Balaban J connectivity index is 2.15. The Bertz CT molecular complexity index is 539. The van der Waals surface area contributed by atoms with Crippen molar-refractivity contribution in [2.24, 2.45) is 5.73 Å². The van der Waals surface area contributed by atoms with Gasteiger partial charge in [-0.1, -0.05) is 11.6 Å². The lowest BCUT2D eigenvalue weighted by Crippen LogP contribution is -2.56. The third-order valence-corrected chi connectivity index (χ3v) is 3.41. The van der Waals surface area contributed by atoms with Gasteiger partial charge in [-0.2, -0.15) is 0 Å². The Labute approximate surface area is 116 Å². The number of carbonyl (C=O) groups is 1. The summed E-state index contributed by atoms with van der Waals surface area (Å²) in [6.07, 6.45) is 1.26. The molecule has 0 aliphatic carbocycles. The molecule has 0 saturated carbocycles. The maximum absolute atomic E-state index is 11.7. The number of benzene rings is 1. The first-order valence-corrected chi connectivity index (χ1v) is 6.33. The van der Waals surface area contributed by atoms with E-state index >= 15 is 0 Å². The van der Waals surface area contributed by atoms with Crippen molar-refractivity contribution < 1.29 is 9.90 Å². The Morgan fingerprint density at radius 2 is 2.26 bits per heavy atom. The van der Waals surface area contributed by atoms with Crippen LogP contribution in [-0.2, 0) is 4.79 Å². The molecule has 1 fully saturated rings. The molecule has 0 radical (unpaired) electrons. The molecule has 5 nitrogen and oxygen atoms in total. The van der Waals surface area contributed by atoms with Crippen LogP contribution in [0.1, 0.15) is 11.1 Å². The lowest BCUT2D eigenvalue weighted by Gasteiger charge is -2.27. The second-order valence-electron chi connectivity index (χ2n) is 4.58. The van der Waals surface area contributed by atoms with E-state index in [1.165, 1.54) is 12.1 Å². The number of phenols is 1. The quantitative estimate of drug-likeness (QED) is 0.616. The predicted molar refractivity (Wildman–Crippen MR) is 74.8 cm³/mol. The van der Waals surface area contributed by atoms with Crippen molar-refractivity contribution in [2.75, 3.05) is 13.1 Å². The maximum Gasteiger partial charge on any atom is 0.246 e. The van der Waals surface area contributed by atoms with Gasteiger partial charge in [0, 0.05) is 35.4 Å². The van der Waals surface area contributed by atoms with Crippen LogP contribution >= 0.6 is 11.6 Å². The average molecular weight is 282 g/mol. The fourth-order valence-electron chi connectivity index (χ4n) is 1.75. The minimum Gasteiger partial charge on any atom is -0.507 e. The predicted octanol–water partition coefficient (Wildman–Crippen LogP) is 0.742. The number of halogens is 1. The summed E-state index contributed by atoms with van der Waals surface area (Å²) < 4.78 is 0. The van der Waals surface area contributed by atoms with Gasteiger partial charge in [0.25, 0.3) is 0 Å². The summed E-state index contributed by atoms with van der Waals surface area (Å²) in [7, 11) is 0. The van der Waals surface area contributed by atoms with E-state index in [-0.39, 0.29) is 23.4 Å². The topological polar surface area (TPSA) is 87.4 Å². The Hall–Kier alpha value is -1.72. The molecule has 19 heavy (non-hydrogen) atoms. The van der Waals surface area contributed by atoms with Crippen molar-refractivity contribution in [3.63, 3.8) is 0 Å². The van der Waals surface area contributed by atoms with Crippen LogP contribution in [0.3, 0.4) is 0 Å². The van der Waals surface area contributed by atoms with Crippen LogP contribution in [0.4, 0.5) is 0 Å². The van der Waals surface area contributed by atoms with E-state index in [2.05, 4.69) is 10.6 Å². The summed E-state index contributed by atoms with van der Waals surface area (Å²) in [6, 6.07) is 3.22. The molecule has 2 rings (SSSR count). The van der Waals surface area contributed by atoms with E-state index < -0.39 is 0 Å². The van der Waals surface area contributed by atoms with E-state index in [9.17, 15) is 9.90 Å². The molecule has 1 heterocycles. The molecule has 1 saturated heterocycles. The van der Waals surface area contributed by atoms with Gasteiger partial charge in [-0.05, 0) is 24.6 Å². The first kappa shape index (κ1) is 13.7. The minimum atomic E-state index is -0.278. The van der Waals surface area contributed by atoms with Crippen molar-refractivity contribution in [3.05, 3.63) is 34.4 Å². The van der Waals surface area contributed by atoms with Crippen LogP contribution in [0.15, 0.2) is 18.2 Å². The number of hydrogen-bond donors (Lipinski definition) is 4. The monoisotopic (exact) mass is 281 g/mol. The molecule has 102 valence electrons. The zero-order valence-electron chi connectivity index (χ0n) is 10.5. The first-order chi connectivity index (χ1) is 8.97. The summed E-state index contributed by atoms with van der Waals surface area (Å²) >= 11 is 5.98. The summed E-state index contributed by atoms with van der Waals surface area (Å²) in [5.74, 6) is -0.270. The molecule has 6 heteroatoms. The van der Waals surface area contributed by atoms with Crippen LogP contribution in [-0.4, -0.2) is 30.1 Å². The number of aromatic hydroxyl groups is 1. The Kier molecular flexibility index (Phi) is 3.97. The lowest BCUT2D eigenvalue weighted by atomic mass is 10.1. The number of phenolic OH excluding ortho intramolecular Hbond substituents is 1. The smallest absolute Gasteiger partial charge is 0.246 e. The van der Waals surface area contributed by atoms with Gasteiger partial charge in [-0.3, -0.25) is 4.79 Å². The number of nitrogens with one attached hydrogen (secondary N) is 2. The number of rotatable bonds is 3. The maximum atomic E-state index is 11.7. The lowest BCUT2D eigenvalue weighted by molar-refractivity contribution is -0.117. The van der Waals surface area contributed by atoms with Gasteiger partial charge in [0.2, 0.25) is 5.91 Å². The molecular formula is C13H16ClN3O2. The molecule has 0 unspecified atom stereocenters. The molecule has 0 aromatic heterocycles. The number of aryl methyl sites for hydroxylation is 1. The van der Waals surface area contributed by atoms with Crippen molar-refractivity contribution >= 4 is 23.2 Å². The third kappa shape index (κ3) is 3.19. The van der Waals surface area contributed by atoms with Gasteiger partial charge in [0.15, 0.2) is 0 Å². The third-order valence-electron chi connectivity index (χ3n) is 3.00. The van der Waals surface area contributed by atoms with Crippen molar-refractivity contribution in [3.8, 4) is 5.75 Å². The summed E-state index contributed by atoms with van der Waals surface area (Å²) in [5.41, 5.74) is 7.11. The molecule has 1 aromatic rings. The number of carbonyl (C=O) groups excluding carboxylic acids is 1. The first-order valence-electron chi connectivity index (χ1n) is 5.95. The molecule has 0 atom stereocenters. The highest BCUT2D eigenvalue weighted by molar-refractivity contribution is 6.31. The van der Waals surface area contributed by atoms with Gasteiger partial charge in [0.05, 0.1) is 6.04 Å². The zero-order valence-corrected chi connectivity index (χ0v) is 11.3. The Morgan fingerprint density at radius 1 is 1.58 bits per heavy atom. The standard InChI is InChI=1S/C13H16ClN3O2/c1-7-2-12(18)9(3-10(7)14)11(15)4-13(19)17-8-5-16-6-8/h2-4,8,16,18H,5-6,15H2,1H3,(H,17,19)/b11-4+. The molecule has 0 spiro atoms. The second-order valence-corrected chi connectivity index (χ2v) is 4.99. The van der Waals surface area contributed by atoms with Crippen LogP contribution in [0, 0.1) is 6.92 Å². The summed E-state index contributed by atoms with van der Waals surface area (Å²) in [6.45, 7) is 3.31. The molecule has 1 aliphatic rings. The second kappa shape index (κ2) is 5.50. The van der Waals surface area contributed by atoms with Crippen LogP contribution in [0.5, 0.6) is 5.75 Å². The fraction of sp³-hybridized carbons (Fsp3) is 0.308. The van der Waals surface area contributed by atoms with Crippen molar-refractivity contribution in [1.82, 2.24) is 10.6 Å². The molecule has 1 aromatic carbocycles. The molecule has 1 amide bonds. The highest BCUT2D eigenvalue weighted by Gasteiger charge is 2.18. The molecular weight excluding hydrogens is 266 g/mol. The summed E-state index contributed by atoms with van der Waals surface area (Å²) in [4.78, 5) is 11.7. The van der Waals surface area contributed by atoms with Crippen LogP contribution in [0.25, 0.3) is 5.70 Å². The molecule has 0 bridgehead atoms. The minimum absolute atomic E-state index is 0.00811. The number of nitrogens with two attached hydrogens (primary N) is 1. The highest BCUT2D eigenvalue weighted by Crippen LogP contribution is 2.28. The normalized spacial score (nSPS) is 16.0. The number of hydrogen-bond acceptors (Lipinski definition) is 4. The largest absolute Gasteiger partial charge is 0.507 e. The average Bonchev–Trinajstić information content (AvgIpc) is 2.28. The fourth-order valence-corrected chi connectivity index (χ4v) is 1.91.